The van der Waals surface area contributed by atoms with Crippen molar-refractivity contribution in [2.45, 2.75) is 25.2 Å². The van der Waals surface area contributed by atoms with Crippen molar-refractivity contribution in [3.8, 4) is 0 Å². The van der Waals surface area contributed by atoms with E-state index in [-0.39, 0.29) is 0 Å². The maximum atomic E-state index is 5.26. The molecule has 0 unspecified atom stereocenters. The summed E-state index contributed by atoms with van der Waals surface area (Å²) in [7, 11) is 0. The lowest BCUT2D eigenvalue weighted by atomic mass is 10.3. The lowest BCUT2D eigenvalue weighted by Gasteiger charge is -1.87. The largest absolute Gasteiger partial charge is 0.339 e. The summed E-state index contributed by atoms with van der Waals surface area (Å²) in [5.74, 6) is 2.04. The van der Waals surface area contributed by atoms with Gasteiger partial charge in [-0.25, -0.2) is 4.98 Å². The molecule has 3 aromatic rings. The molecule has 5 nitrogen and oxygen atoms in total. The molecule has 0 saturated heterocycles. The van der Waals surface area contributed by atoms with E-state index in [2.05, 4.69) is 15.1 Å². The van der Waals surface area contributed by atoms with Crippen molar-refractivity contribution in [2.75, 3.05) is 0 Å². The second kappa shape index (κ2) is 3.66. The summed E-state index contributed by atoms with van der Waals surface area (Å²) in [6.07, 6.45) is 6.95. The molecule has 1 aliphatic rings. The van der Waals surface area contributed by atoms with Crippen LogP contribution in [0.2, 0.25) is 0 Å². The van der Waals surface area contributed by atoms with E-state index in [9.17, 15) is 0 Å². The van der Waals surface area contributed by atoms with E-state index in [1.54, 1.807) is 0 Å². The molecule has 3 heterocycles. The van der Waals surface area contributed by atoms with Crippen LogP contribution >= 0.6 is 0 Å². The number of fused-ring (bicyclic) bond motifs is 1. The number of hydrogen-bond acceptors (Lipinski definition) is 4. The van der Waals surface area contributed by atoms with E-state index in [1.807, 2.05) is 35.0 Å². The van der Waals surface area contributed by atoms with E-state index >= 15 is 0 Å². The lowest BCUT2D eigenvalue weighted by molar-refractivity contribution is 0.379. The Bertz CT molecular complexity index is 663. The van der Waals surface area contributed by atoms with Crippen LogP contribution in [0.4, 0.5) is 0 Å². The number of nitrogens with zero attached hydrogens (tertiary/aromatic N) is 4. The molecule has 4 rings (SSSR count). The summed E-state index contributed by atoms with van der Waals surface area (Å²) >= 11 is 0. The third kappa shape index (κ3) is 1.68. The Morgan fingerprint density at radius 1 is 1.28 bits per heavy atom. The molecule has 3 aromatic heterocycles. The third-order valence-corrected chi connectivity index (χ3v) is 3.17. The van der Waals surface area contributed by atoms with Crippen LogP contribution in [0.25, 0.3) is 5.65 Å². The molecule has 0 amide bonds. The minimum Gasteiger partial charge on any atom is -0.339 e. The Morgan fingerprint density at radius 3 is 3.06 bits per heavy atom. The molecule has 0 spiro atoms. The maximum absolute atomic E-state index is 5.26. The van der Waals surface area contributed by atoms with Crippen LogP contribution in [0.5, 0.6) is 0 Å². The van der Waals surface area contributed by atoms with Crippen molar-refractivity contribution in [1.29, 1.82) is 0 Å². The van der Waals surface area contributed by atoms with Gasteiger partial charge in [-0.1, -0.05) is 11.2 Å². The second-order valence-electron chi connectivity index (χ2n) is 4.70. The zero-order chi connectivity index (χ0) is 11.9. The predicted molar refractivity (Wildman–Crippen MR) is 64.3 cm³/mol. The fourth-order valence-electron chi connectivity index (χ4n) is 2.07. The first kappa shape index (κ1) is 9.82. The Balaban J connectivity index is 1.62. The Hall–Kier alpha value is -2.17. The van der Waals surface area contributed by atoms with E-state index in [1.165, 1.54) is 12.8 Å². The summed E-state index contributed by atoms with van der Waals surface area (Å²) in [4.78, 5) is 8.92. The monoisotopic (exact) mass is 240 g/mol. The van der Waals surface area contributed by atoms with Crippen LogP contribution in [0.15, 0.2) is 35.1 Å². The maximum Gasteiger partial charge on any atom is 0.232 e. The van der Waals surface area contributed by atoms with Gasteiger partial charge in [0.05, 0.1) is 12.1 Å². The summed E-state index contributed by atoms with van der Waals surface area (Å²) in [6.45, 7) is 0. The highest BCUT2D eigenvalue weighted by Gasteiger charge is 2.28. The van der Waals surface area contributed by atoms with Crippen molar-refractivity contribution in [3.05, 3.63) is 48.0 Å². The highest BCUT2D eigenvalue weighted by atomic mass is 16.5. The Kier molecular flexibility index (Phi) is 2.00. The normalized spacial score (nSPS) is 15.3. The first-order chi connectivity index (χ1) is 8.88. The van der Waals surface area contributed by atoms with Gasteiger partial charge in [-0.15, -0.1) is 0 Å². The van der Waals surface area contributed by atoms with E-state index in [0.717, 1.165) is 17.2 Å². The smallest absolute Gasteiger partial charge is 0.232 e. The highest BCUT2D eigenvalue weighted by molar-refractivity contribution is 5.39. The van der Waals surface area contributed by atoms with Gasteiger partial charge in [0.25, 0.3) is 0 Å². The van der Waals surface area contributed by atoms with Gasteiger partial charge >= 0.3 is 0 Å². The molecule has 1 aliphatic carbocycles. The molecule has 5 heteroatoms. The van der Waals surface area contributed by atoms with Crippen LogP contribution in [0.1, 0.15) is 36.2 Å². The zero-order valence-electron chi connectivity index (χ0n) is 9.78. The minimum atomic E-state index is 0.531. The SMILES string of the molecule is c1ccn2cc(Cc3nc(C4CC4)no3)nc2c1. The van der Waals surface area contributed by atoms with Crippen molar-refractivity contribution < 1.29 is 4.52 Å². The predicted octanol–water partition coefficient (Wildman–Crippen LogP) is 2.19. The number of aromatic nitrogens is 4. The fraction of sp³-hybridized carbons (Fsp3) is 0.308. The molecule has 0 bridgehead atoms. The van der Waals surface area contributed by atoms with Crippen LogP contribution in [0, 0.1) is 0 Å². The first-order valence-electron chi connectivity index (χ1n) is 6.13. The van der Waals surface area contributed by atoms with Crippen molar-refractivity contribution in [1.82, 2.24) is 19.5 Å². The van der Waals surface area contributed by atoms with Gasteiger partial charge in [-0.3, -0.25) is 0 Å². The standard InChI is InChI=1S/C13H12N4O/c1-2-6-17-8-10(14-11(17)3-1)7-12-15-13(16-18-12)9-4-5-9/h1-3,6,8-9H,4-5,7H2. The van der Waals surface area contributed by atoms with Crippen molar-refractivity contribution in [2.24, 2.45) is 0 Å². The fourth-order valence-corrected chi connectivity index (χ4v) is 2.07. The number of hydrogen-bond donors (Lipinski definition) is 0. The average molecular weight is 240 g/mol. The van der Waals surface area contributed by atoms with Crippen LogP contribution in [-0.2, 0) is 6.42 Å². The first-order valence-corrected chi connectivity index (χ1v) is 6.13. The quantitative estimate of drug-likeness (QED) is 0.704. The van der Waals surface area contributed by atoms with Crippen LogP contribution in [-0.4, -0.2) is 19.5 Å². The zero-order valence-corrected chi connectivity index (χ0v) is 9.78. The molecular weight excluding hydrogens is 228 g/mol. The number of imidazole rings is 1. The molecule has 1 saturated carbocycles. The topological polar surface area (TPSA) is 56.2 Å². The van der Waals surface area contributed by atoms with Gasteiger partial charge in [0.2, 0.25) is 5.89 Å². The van der Waals surface area contributed by atoms with Gasteiger partial charge in [0.1, 0.15) is 5.65 Å². The van der Waals surface area contributed by atoms with Gasteiger partial charge in [-0.05, 0) is 25.0 Å². The average Bonchev–Trinajstić information content (AvgIpc) is 2.99. The van der Waals surface area contributed by atoms with E-state index in [4.69, 9.17) is 4.52 Å². The Labute approximate surface area is 103 Å². The molecule has 0 aliphatic heterocycles. The number of pyridine rings is 1. The van der Waals surface area contributed by atoms with Crippen molar-refractivity contribution >= 4 is 5.65 Å². The molecule has 0 aromatic carbocycles. The minimum absolute atomic E-state index is 0.531. The summed E-state index contributed by atoms with van der Waals surface area (Å²) in [6, 6.07) is 5.94. The molecule has 18 heavy (non-hydrogen) atoms. The van der Waals surface area contributed by atoms with Crippen LogP contribution < -0.4 is 0 Å². The van der Waals surface area contributed by atoms with Gasteiger partial charge < -0.3 is 8.92 Å². The van der Waals surface area contributed by atoms with Gasteiger partial charge in [0, 0.05) is 18.3 Å². The van der Waals surface area contributed by atoms with Gasteiger partial charge in [0.15, 0.2) is 5.82 Å². The van der Waals surface area contributed by atoms with E-state index in [0.29, 0.717) is 18.2 Å². The Morgan fingerprint density at radius 2 is 2.22 bits per heavy atom. The molecular formula is C13H12N4O. The summed E-state index contributed by atoms with van der Waals surface area (Å²) in [5, 5.41) is 4.01. The van der Waals surface area contributed by atoms with Crippen LogP contribution in [0.3, 0.4) is 0 Å². The van der Waals surface area contributed by atoms with E-state index < -0.39 is 0 Å². The third-order valence-electron chi connectivity index (χ3n) is 3.17. The molecule has 90 valence electrons. The van der Waals surface area contributed by atoms with Gasteiger partial charge in [-0.2, -0.15) is 4.98 Å². The molecule has 0 N–H and O–H groups in total. The number of rotatable bonds is 3. The lowest BCUT2D eigenvalue weighted by Crippen LogP contribution is -1.89. The molecule has 1 fully saturated rings. The molecule has 0 radical (unpaired) electrons. The summed E-state index contributed by atoms with van der Waals surface area (Å²) in [5.41, 5.74) is 1.89. The summed E-state index contributed by atoms with van der Waals surface area (Å²) < 4.78 is 7.25. The highest BCUT2D eigenvalue weighted by Crippen LogP contribution is 2.38. The van der Waals surface area contributed by atoms with Crippen molar-refractivity contribution in [3.63, 3.8) is 0 Å². The second-order valence-corrected chi connectivity index (χ2v) is 4.70. The molecule has 0 atom stereocenters.